The van der Waals surface area contributed by atoms with E-state index in [-0.39, 0.29) is 5.82 Å². The van der Waals surface area contributed by atoms with E-state index in [0.717, 1.165) is 25.9 Å². The Morgan fingerprint density at radius 1 is 1.14 bits per heavy atom. The number of nitrogens with zero attached hydrogens (tertiary/aromatic N) is 3. The summed E-state index contributed by atoms with van der Waals surface area (Å²) in [6.45, 7) is 1.82. The second-order valence-corrected chi connectivity index (χ2v) is 3.60. The minimum atomic E-state index is -0.311. The molecule has 2 heterocycles. The number of hydrogen-bond acceptors (Lipinski definition) is 3. The van der Waals surface area contributed by atoms with Gasteiger partial charge in [0.2, 0.25) is 0 Å². The summed E-state index contributed by atoms with van der Waals surface area (Å²) in [6.07, 6.45) is 7.37. The molecule has 1 aliphatic rings. The number of anilines is 1. The predicted octanol–water partition coefficient (Wildman–Crippen LogP) is 2.00. The van der Waals surface area contributed by atoms with Crippen LogP contribution in [0.5, 0.6) is 0 Å². The highest BCUT2D eigenvalue weighted by atomic mass is 19.1. The molecule has 0 amide bonds. The predicted molar refractivity (Wildman–Crippen MR) is 52.7 cm³/mol. The zero-order valence-corrected chi connectivity index (χ0v) is 8.12. The molecular formula is C10H14FN3. The third-order valence-corrected chi connectivity index (χ3v) is 2.55. The highest BCUT2D eigenvalue weighted by Crippen LogP contribution is 2.18. The fourth-order valence-corrected chi connectivity index (χ4v) is 1.82. The van der Waals surface area contributed by atoms with E-state index in [9.17, 15) is 4.39 Å². The van der Waals surface area contributed by atoms with Gasteiger partial charge < -0.3 is 4.90 Å². The van der Waals surface area contributed by atoms with Gasteiger partial charge in [-0.15, -0.1) is 0 Å². The first-order chi connectivity index (χ1) is 6.88. The summed E-state index contributed by atoms with van der Waals surface area (Å²) >= 11 is 0. The number of halogens is 1. The second kappa shape index (κ2) is 4.35. The van der Waals surface area contributed by atoms with Gasteiger partial charge in [0.05, 0.1) is 6.20 Å². The topological polar surface area (TPSA) is 29.0 Å². The minimum absolute atomic E-state index is 0.311. The van der Waals surface area contributed by atoms with Crippen molar-refractivity contribution in [2.75, 3.05) is 18.0 Å². The smallest absolute Gasteiger partial charge is 0.183 e. The molecule has 1 aromatic heterocycles. The average Bonchev–Trinajstić information content (AvgIpc) is 2.47. The van der Waals surface area contributed by atoms with Crippen LogP contribution in [0, 0.1) is 5.82 Å². The van der Waals surface area contributed by atoms with E-state index in [4.69, 9.17) is 0 Å². The number of aromatic nitrogens is 2. The summed E-state index contributed by atoms with van der Waals surface area (Å²) in [5, 5.41) is 0. The molecule has 76 valence electrons. The first-order valence-electron chi connectivity index (χ1n) is 5.08. The van der Waals surface area contributed by atoms with Gasteiger partial charge in [0.25, 0.3) is 0 Å². The van der Waals surface area contributed by atoms with E-state index in [1.165, 1.54) is 25.4 Å². The summed E-state index contributed by atoms with van der Waals surface area (Å²) in [5.41, 5.74) is 0. The highest BCUT2D eigenvalue weighted by Gasteiger charge is 2.14. The van der Waals surface area contributed by atoms with Crippen LogP contribution in [0.4, 0.5) is 10.2 Å². The standard InChI is InChI=1S/C10H14FN3/c11-9-7-12-8-13-10(9)14-5-3-1-2-4-6-14/h7-8H,1-6H2. The summed E-state index contributed by atoms with van der Waals surface area (Å²) < 4.78 is 13.3. The molecule has 1 saturated heterocycles. The zero-order valence-electron chi connectivity index (χ0n) is 8.12. The van der Waals surface area contributed by atoms with Crippen molar-refractivity contribution >= 4 is 5.82 Å². The van der Waals surface area contributed by atoms with Gasteiger partial charge in [0.15, 0.2) is 11.6 Å². The maximum Gasteiger partial charge on any atom is 0.183 e. The summed E-state index contributed by atoms with van der Waals surface area (Å²) in [6, 6.07) is 0. The molecule has 0 N–H and O–H groups in total. The fourth-order valence-electron chi connectivity index (χ4n) is 1.82. The molecule has 1 fully saturated rings. The molecule has 0 spiro atoms. The van der Waals surface area contributed by atoms with Crippen molar-refractivity contribution in [2.45, 2.75) is 25.7 Å². The Morgan fingerprint density at radius 3 is 2.50 bits per heavy atom. The van der Waals surface area contributed by atoms with Crippen molar-refractivity contribution in [3.05, 3.63) is 18.3 Å². The second-order valence-electron chi connectivity index (χ2n) is 3.60. The highest BCUT2D eigenvalue weighted by molar-refractivity contribution is 5.38. The Bertz CT molecular complexity index is 295. The third kappa shape index (κ3) is 2.00. The van der Waals surface area contributed by atoms with Crippen LogP contribution in [0.2, 0.25) is 0 Å². The molecule has 2 rings (SSSR count). The van der Waals surface area contributed by atoms with Crippen LogP contribution < -0.4 is 4.90 Å². The molecule has 0 bridgehead atoms. The Hall–Kier alpha value is -1.19. The average molecular weight is 195 g/mol. The van der Waals surface area contributed by atoms with E-state index in [0.29, 0.717) is 5.82 Å². The van der Waals surface area contributed by atoms with Crippen LogP contribution in [0.3, 0.4) is 0 Å². The van der Waals surface area contributed by atoms with Crippen LogP contribution in [-0.2, 0) is 0 Å². The lowest BCUT2D eigenvalue weighted by Gasteiger charge is -2.21. The fraction of sp³-hybridized carbons (Fsp3) is 0.600. The molecule has 3 nitrogen and oxygen atoms in total. The summed E-state index contributed by atoms with van der Waals surface area (Å²) in [5.74, 6) is 0.149. The molecule has 0 aliphatic carbocycles. The van der Waals surface area contributed by atoms with Gasteiger partial charge in [-0.1, -0.05) is 12.8 Å². The normalized spacial score (nSPS) is 17.9. The van der Waals surface area contributed by atoms with Crippen LogP contribution in [0.25, 0.3) is 0 Å². The van der Waals surface area contributed by atoms with Gasteiger partial charge in [-0.05, 0) is 12.8 Å². The molecule has 0 saturated carbocycles. The molecule has 4 heteroatoms. The van der Waals surface area contributed by atoms with Crippen LogP contribution in [-0.4, -0.2) is 23.1 Å². The SMILES string of the molecule is Fc1cncnc1N1CCCCCC1. The molecule has 1 aliphatic heterocycles. The van der Waals surface area contributed by atoms with E-state index < -0.39 is 0 Å². The van der Waals surface area contributed by atoms with Crippen LogP contribution in [0.1, 0.15) is 25.7 Å². The third-order valence-electron chi connectivity index (χ3n) is 2.55. The lowest BCUT2D eigenvalue weighted by molar-refractivity contribution is 0.600. The minimum Gasteiger partial charge on any atom is -0.354 e. The first-order valence-corrected chi connectivity index (χ1v) is 5.08. The quantitative estimate of drug-likeness (QED) is 0.686. The molecule has 0 aromatic carbocycles. The Labute approximate surface area is 83.0 Å². The van der Waals surface area contributed by atoms with Crippen molar-refractivity contribution in [1.82, 2.24) is 9.97 Å². The zero-order chi connectivity index (χ0) is 9.80. The summed E-state index contributed by atoms with van der Waals surface area (Å²) in [4.78, 5) is 9.65. The number of rotatable bonds is 1. The van der Waals surface area contributed by atoms with Crippen molar-refractivity contribution < 1.29 is 4.39 Å². The maximum atomic E-state index is 13.3. The van der Waals surface area contributed by atoms with Gasteiger partial charge in [-0.3, -0.25) is 0 Å². The Morgan fingerprint density at radius 2 is 1.86 bits per heavy atom. The largest absolute Gasteiger partial charge is 0.354 e. The van der Waals surface area contributed by atoms with Crippen molar-refractivity contribution in [2.24, 2.45) is 0 Å². The summed E-state index contributed by atoms with van der Waals surface area (Å²) in [7, 11) is 0. The van der Waals surface area contributed by atoms with E-state index >= 15 is 0 Å². The monoisotopic (exact) mass is 195 g/mol. The molecule has 14 heavy (non-hydrogen) atoms. The van der Waals surface area contributed by atoms with Crippen molar-refractivity contribution in [3.8, 4) is 0 Å². The first kappa shape index (κ1) is 9.37. The van der Waals surface area contributed by atoms with E-state index in [1.54, 1.807) is 0 Å². The molecule has 0 atom stereocenters. The van der Waals surface area contributed by atoms with Gasteiger partial charge in [-0.25, -0.2) is 14.4 Å². The van der Waals surface area contributed by atoms with E-state index in [2.05, 4.69) is 9.97 Å². The Balaban J connectivity index is 2.16. The van der Waals surface area contributed by atoms with Gasteiger partial charge in [0, 0.05) is 13.1 Å². The Kier molecular flexibility index (Phi) is 2.91. The molecule has 1 aromatic rings. The van der Waals surface area contributed by atoms with E-state index in [1.807, 2.05) is 4.90 Å². The maximum absolute atomic E-state index is 13.3. The lowest BCUT2D eigenvalue weighted by Crippen LogP contribution is -2.26. The van der Waals surface area contributed by atoms with Gasteiger partial charge in [-0.2, -0.15) is 0 Å². The van der Waals surface area contributed by atoms with Crippen LogP contribution in [0.15, 0.2) is 12.5 Å². The van der Waals surface area contributed by atoms with Crippen molar-refractivity contribution in [1.29, 1.82) is 0 Å². The lowest BCUT2D eigenvalue weighted by atomic mass is 10.2. The molecule has 0 radical (unpaired) electrons. The van der Waals surface area contributed by atoms with Gasteiger partial charge >= 0.3 is 0 Å². The van der Waals surface area contributed by atoms with Crippen LogP contribution >= 0.6 is 0 Å². The molecule has 0 unspecified atom stereocenters. The number of hydrogen-bond donors (Lipinski definition) is 0. The van der Waals surface area contributed by atoms with Gasteiger partial charge in [0.1, 0.15) is 6.33 Å². The molecular weight excluding hydrogens is 181 g/mol. The van der Waals surface area contributed by atoms with Crippen molar-refractivity contribution in [3.63, 3.8) is 0 Å².